The molecule has 2 atom stereocenters. The van der Waals surface area contributed by atoms with Crippen LogP contribution in [0.4, 0.5) is 0 Å². The standard InChI is InChI=1S/C7H16N2O/c1-3-10-7-5-9(2)4-6(7)8/h6-7H,3-5,8H2,1-2H3. The second-order valence-corrected chi connectivity index (χ2v) is 2.88. The number of hydrogen-bond acceptors (Lipinski definition) is 3. The maximum Gasteiger partial charge on any atom is 0.0864 e. The lowest BCUT2D eigenvalue weighted by molar-refractivity contribution is 0.0619. The third kappa shape index (κ3) is 1.68. The van der Waals surface area contributed by atoms with Gasteiger partial charge in [-0.2, -0.15) is 0 Å². The Morgan fingerprint density at radius 1 is 1.60 bits per heavy atom. The van der Waals surface area contributed by atoms with E-state index in [9.17, 15) is 0 Å². The molecular formula is C7H16N2O. The van der Waals surface area contributed by atoms with E-state index in [0.29, 0.717) is 0 Å². The summed E-state index contributed by atoms with van der Waals surface area (Å²) in [4.78, 5) is 2.20. The van der Waals surface area contributed by atoms with Gasteiger partial charge in [0.2, 0.25) is 0 Å². The normalized spacial score (nSPS) is 35.1. The Balaban J connectivity index is 2.31. The highest BCUT2D eigenvalue weighted by Gasteiger charge is 2.27. The summed E-state index contributed by atoms with van der Waals surface area (Å²) in [6.45, 7) is 4.72. The van der Waals surface area contributed by atoms with E-state index in [4.69, 9.17) is 10.5 Å². The maximum atomic E-state index is 5.79. The van der Waals surface area contributed by atoms with Crippen LogP contribution in [0.2, 0.25) is 0 Å². The zero-order valence-corrected chi connectivity index (χ0v) is 6.71. The molecule has 0 aromatic rings. The Hall–Kier alpha value is -0.120. The van der Waals surface area contributed by atoms with E-state index in [-0.39, 0.29) is 12.1 Å². The molecule has 3 nitrogen and oxygen atoms in total. The summed E-state index contributed by atoms with van der Waals surface area (Å²) in [6, 6.07) is 0.213. The predicted octanol–water partition coefficient (Wildman–Crippen LogP) is -0.336. The van der Waals surface area contributed by atoms with E-state index < -0.39 is 0 Å². The Kier molecular flexibility index (Phi) is 2.65. The molecule has 60 valence electrons. The lowest BCUT2D eigenvalue weighted by Gasteiger charge is -2.13. The fourth-order valence-electron chi connectivity index (χ4n) is 1.38. The second kappa shape index (κ2) is 3.32. The van der Waals surface area contributed by atoms with Crippen LogP contribution in [0.3, 0.4) is 0 Å². The van der Waals surface area contributed by atoms with E-state index in [1.54, 1.807) is 0 Å². The average Bonchev–Trinajstić information content (AvgIpc) is 2.13. The Labute approximate surface area is 62.1 Å². The molecule has 10 heavy (non-hydrogen) atoms. The molecule has 0 aromatic heterocycles. The fraction of sp³-hybridized carbons (Fsp3) is 1.00. The van der Waals surface area contributed by atoms with E-state index >= 15 is 0 Å². The van der Waals surface area contributed by atoms with Crippen molar-refractivity contribution in [3.05, 3.63) is 0 Å². The molecule has 3 heteroatoms. The van der Waals surface area contributed by atoms with Gasteiger partial charge in [0, 0.05) is 25.7 Å². The maximum absolute atomic E-state index is 5.79. The van der Waals surface area contributed by atoms with Crippen LogP contribution in [-0.2, 0) is 4.74 Å². The summed E-state index contributed by atoms with van der Waals surface area (Å²) in [7, 11) is 2.07. The van der Waals surface area contributed by atoms with Crippen LogP contribution in [-0.4, -0.2) is 43.8 Å². The van der Waals surface area contributed by atoms with Crippen LogP contribution in [0.1, 0.15) is 6.92 Å². The van der Waals surface area contributed by atoms with E-state index in [1.807, 2.05) is 6.92 Å². The van der Waals surface area contributed by atoms with Gasteiger partial charge >= 0.3 is 0 Å². The summed E-state index contributed by atoms with van der Waals surface area (Å²) in [6.07, 6.45) is 0.259. The largest absolute Gasteiger partial charge is 0.376 e. The predicted molar refractivity (Wildman–Crippen MR) is 40.9 cm³/mol. The summed E-state index contributed by atoms with van der Waals surface area (Å²) in [5, 5.41) is 0. The molecule has 2 unspecified atom stereocenters. The summed E-state index contributed by atoms with van der Waals surface area (Å²) in [5.41, 5.74) is 5.79. The van der Waals surface area contributed by atoms with Gasteiger partial charge in [-0.15, -0.1) is 0 Å². The highest BCUT2D eigenvalue weighted by Crippen LogP contribution is 2.08. The molecule has 1 fully saturated rings. The average molecular weight is 144 g/mol. The molecule has 1 heterocycles. The first-order valence-electron chi connectivity index (χ1n) is 3.79. The Morgan fingerprint density at radius 3 is 2.70 bits per heavy atom. The molecule has 1 rings (SSSR count). The molecule has 0 aliphatic carbocycles. The van der Waals surface area contributed by atoms with Crippen LogP contribution >= 0.6 is 0 Å². The van der Waals surface area contributed by atoms with Gasteiger partial charge in [-0.3, -0.25) is 0 Å². The number of hydrogen-bond donors (Lipinski definition) is 1. The fourth-order valence-corrected chi connectivity index (χ4v) is 1.38. The number of nitrogens with zero attached hydrogens (tertiary/aromatic N) is 1. The minimum atomic E-state index is 0.213. The zero-order valence-electron chi connectivity index (χ0n) is 6.71. The first kappa shape index (κ1) is 7.98. The molecular weight excluding hydrogens is 128 g/mol. The molecule has 1 saturated heterocycles. The summed E-state index contributed by atoms with van der Waals surface area (Å²) in [5.74, 6) is 0. The molecule has 1 aliphatic heterocycles. The molecule has 0 radical (unpaired) electrons. The Bertz CT molecular complexity index is 108. The van der Waals surface area contributed by atoms with Crippen molar-refractivity contribution in [2.45, 2.75) is 19.1 Å². The van der Waals surface area contributed by atoms with Crippen molar-refractivity contribution >= 4 is 0 Å². The number of likely N-dealkylation sites (N-methyl/N-ethyl adjacent to an activating group) is 1. The topological polar surface area (TPSA) is 38.5 Å². The zero-order chi connectivity index (χ0) is 7.56. The van der Waals surface area contributed by atoms with E-state index in [0.717, 1.165) is 19.7 Å². The van der Waals surface area contributed by atoms with Crippen molar-refractivity contribution < 1.29 is 4.74 Å². The van der Waals surface area contributed by atoms with Gasteiger partial charge in [0.15, 0.2) is 0 Å². The van der Waals surface area contributed by atoms with Crippen LogP contribution < -0.4 is 5.73 Å². The number of rotatable bonds is 2. The highest BCUT2D eigenvalue weighted by atomic mass is 16.5. The van der Waals surface area contributed by atoms with Gasteiger partial charge in [0.05, 0.1) is 6.10 Å². The number of likely N-dealkylation sites (tertiary alicyclic amines) is 1. The second-order valence-electron chi connectivity index (χ2n) is 2.88. The SMILES string of the molecule is CCOC1CN(C)CC1N. The van der Waals surface area contributed by atoms with Crippen molar-refractivity contribution in [3.8, 4) is 0 Å². The van der Waals surface area contributed by atoms with Crippen molar-refractivity contribution in [1.82, 2.24) is 4.90 Å². The molecule has 1 aliphatic rings. The van der Waals surface area contributed by atoms with Crippen LogP contribution in [0.25, 0.3) is 0 Å². The van der Waals surface area contributed by atoms with Gasteiger partial charge in [-0.05, 0) is 14.0 Å². The quantitative estimate of drug-likeness (QED) is 0.576. The number of nitrogens with two attached hydrogens (primary N) is 1. The van der Waals surface area contributed by atoms with Gasteiger partial charge in [0.1, 0.15) is 0 Å². The molecule has 0 spiro atoms. The van der Waals surface area contributed by atoms with E-state index in [2.05, 4.69) is 11.9 Å². The number of ether oxygens (including phenoxy) is 1. The molecule has 0 bridgehead atoms. The Morgan fingerprint density at radius 2 is 2.30 bits per heavy atom. The lowest BCUT2D eigenvalue weighted by Crippen LogP contribution is -2.35. The third-order valence-corrected chi connectivity index (χ3v) is 1.87. The molecule has 0 amide bonds. The van der Waals surface area contributed by atoms with Gasteiger partial charge in [-0.1, -0.05) is 0 Å². The molecule has 0 saturated carbocycles. The van der Waals surface area contributed by atoms with Gasteiger partial charge in [-0.25, -0.2) is 0 Å². The highest BCUT2D eigenvalue weighted by molar-refractivity contribution is 4.85. The van der Waals surface area contributed by atoms with Crippen LogP contribution in [0.5, 0.6) is 0 Å². The minimum absolute atomic E-state index is 0.213. The van der Waals surface area contributed by atoms with Gasteiger partial charge in [0.25, 0.3) is 0 Å². The van der Waals surface area contributed by atoms with Crippen molar-refractivity contribution in [3.63, 3.8) is 0 Å². The van der Waals surface area contributed by atoms with Crippen molar-refractivity contribution in [1.29, 1.82) is 0 Å². The lowest BCUT2D eigenvalue weighted by atomic mass is 10.2. The van der Waals surface area contributed by atoms with Crippen LogP contribution in [0.15, 0.2) is 0 Å². The monoisotopic (exact) mass is 144 g/mol. The van der Waals surface area contributed by atoms with Crippen molar-refractivity contribution in [2.75, 3.05) is 26.7 Å². The first-order valence-corrected chi connectivity index (χ1v) is 3.79. The van der Waals surface area contributed by atoms with Crippen molar-refractivity contribution in [2.24, 2.45) is 5.73 Å². The molecule has 2 N–H and O–H groups in total. The minimum Gasteiger partial charge on any atom is -0.376 e. The van der Waals surface area contributed by atoms with E-state index in [1.165, 1.54) is 0 Å². The summed E-state index contributed by atoms with van der Waals surface area (Å²) >= 11 is 0. The smallest absolute Gasteiger partial charge is 0.0864 e. The first-order chi connectivity index (χ1) is 4.74. The summed E-state index contributed by atoms with van der Waals surface area (Å²) < 4.78 is 5.42. The molecule has 0 aromatic carbocycles. The van der Waals surface area contributed by atoms with Gasteiger partial charge < -0.3 is 15.4 Å². The third-order valence-electron chi connectivity index (χ3n) is 1.87. The van der Waals surface area contributed by atoms with Crippen LogP contribution in [0, 0.1) is 0 Å².